The molecule has 0 aliphatic carbocycles. The first-order chi connectivity index (χ1) is 32.2. The quantitative estimate of drug-likeness (QED) is 0.0967. The third-order valence-corrected chi connectivity index (χ3v) is 13.3. The van der Waals surface area contributed by atoms with Crippen LogP contribution in [0.2, 0.25) is 0 Å². The van der Waals surface area contributed by atoms with E-state index in [1.54, 1.807) is 32.6 Å². The SMILES string of the molecule is C#CC[C@H](C=CC(C)=C[C@@H](O)[C@H]1C[C@@H](OC)C[C@@](O)(Cc2nc(C=C(C)[C@@H]3O[C@@H]4CC=Cc5nc(co5)[C@H]5OCC[C@@H](C[C@H]6CC(=C)C[C@H](CC=CC(=O)O[C@@H]([C@H]4C)[C@H]3C)O6)O5)co2)O1)OC. The fourth-order valence-corrected chi connectivity index (χ4v) is 9.81. The topological polar surface area (TPSA) is 183 Å². The van der Waals surface area contributed by atoms with Crippen LogP contribution < -0.4 is 0 Å². The summed E-state index contributed by atoms with van der Waals surface area (Å²) in [5.41, 5.74) is 3.80. The lowest BCUT2D eigenvalue weighted by molar-refractivity contribution is -0.286. The maximum atomic E-state index is 13.5. The van der Waals surface area contributed by atoms with E-state index in [-0.39, 0.29) is 61.1 Å². The summed E-state index contributed by atoms with van der Waals surface area (Å²) >= 11 is 0. The third-order valence-electron chi connectivity index (χ3n) is 13.3. The number of aromatic nitrogens is 2. The standard InChI is InChI=1S/C52H68N2O13/c1-9-12-37(58-7)18-17-31(2)23-43(55)45-26-41(59-8)27-52(57,67-45)28-47-53-36(29-61-47)24-33(4)49-35(6)50-34(5)44(65-49)14-11-15-46-54-42(30-62-46)51-60-20-19-39(64-51)25-40-22-32(3)21-38(63-40)13-10-16-48(56)66-50/h1,10-11,15-18,23-24,29-30,34-35,37-41,43-45,49-51,55,57H,3,12-14,19-22,25-28H2,2,4-8H3/t34-,35-,37+,38-,39-,40+,41+,43+,44+,45+,49-,50-,51-,52-/m0/s1. The van der Waals surface area contributed by atoms with E-state index in [2.05, 4.69) is 17.5 Å². The summed E-state index contributed by atoms with van der Waals surface area (Å²) in [6, 6.07) is 0. The van der Waals surface area contributed by atoms with Crippen LogP contribution in [0.15, 0.2) is 81.1 Å². The maximum Gasteiger partial charge on any atom is 0.330 e. The lowest BCUT2D eigenvalue weighted by atomic mass is 9.79. The van der Waals surface area contributed by atoms with Gasteiger partial charge in [-0.25, -0.2) is 14.8 Å². The number of fused-ring (bicyclic) bond motifs is 9. The molecule has 67 heavy (non-hydrogen) atoms. The van der Waals surface area contributed by atoms with Crippen molar-refractivity contribution < 1.29 is 61.7 Å². The van der Waals surface area contributed by atoms with Crippen molar-refractivity contribution in [3.05, 3.63) is 95.4 Å². The molecule has 5 aliphatic heterocycles. The second-order valence-electron chi connectivity index (χ2n) is 18.7. The van der Waals surface area contributed by atoms with Gasteiger partial charge in [0.25, 0.3) is 0 Å². The molecule has 4 saturated heterocycles. The molecule has 2 N–H and O–H groups in total. The molecule has 0 aromatic carbocycles. The molecule has 8 bridgehead atoms. The van der Waals surface area contributed by atoms with Gasteiger partial charge in [0.05, 0.1) is 68.0 Å². The van der Waals surface area contributed by atoms with E-state index < -0.39 is 48.6 Å². The first-order valence-electron chi connectivity index (χ1n) is 23.5. The number of hydrogen-bond donors (Lipinski definition) is 2. The summed E-state index contributed by atoms with van der Waals surface area (Å²) in [6.45, 7) is 12.7. The van der Waals surface area contributed by atoms with Gasteiger partial charge in [-0.05, 0) is 63.7 Å². The summed E-state index contributed by atoms with van der Waals surface area (Å²) in [4.78, 5) is 22.9. The van der Waals surface area contributed by atoms with E-state index in [0.29, 0.717) is 62.4 Å². The van der Waals surface area contributed by atoms with Crippen molar-refractivity contribution in [3.8, 4) is 12.3 Å². The van der Waals surface area contributed by atoms with E-state index in [4.69, 9.17) is 58.1 Å². The Balaban J connectivity index is 1.06. The molecule has 2 aromatic rings. The third kappa shape index (κ3) is 13.6. The molecule has 364 valence electrons. The number of aliphatic hydroxyl groups excluding tert-OH is 1. The van der Waals surface area contributed by atoms with Crippen molar-refractivity contribution in [1.82, 2.24) is 9.97 Å². The minimum absolute atomic E-state index is 0.0612. The highest BCUT2D eigenvalue weighted by Crippen LogP contribution is 2.39. The van der Waals surface area contributed by atoms with Gasteiger partial charge in [0.2, 0.25) is 12.2 Å². The van der Waals surface area contributed by atoms with Gasteiger partial charge in [-0.3, -0.25) is 0 Å². The Labute approximate surface area is 394 Å². The zero-order chi connectivity index (χ0) is 47.7. The van der Waals surface area contributed by atoms with E-state index >= 15 is 0 Å². The predicted octanol–water partition coefficient (Wildman–Crippen LogP) is 7.71. The molecule has 15 heteroatoms. The molecule has 0 spiro atoms. The fourth-order valence-electron chi connectivity index (χ4n) is 9.81. The second kappa shape index (κ2) is 23.2. The number of carbonyl (C=O) groups is 1. The minimum atomic E-state index is -1.73. The Morgan fingerprint density at radius 2 is 1.84 bits per heavy atom. The van der Waals surface area contributed by atoms with Crippen molar-refractivity contribution in [2.45, 2.75) is 165 Å². The first-order valence-corrected chi connectivity index (χ1v) is 23.5. The molecule has 0 saturated carbocycles. The number of allylic oxidation sites excluding steroid dienone is 2. The number of nitrogens with zero attached hydrogens (tertiary/aromatic N) is 2. The molecule has 2 aromatic heterocycles. The number of esters is 1. The Hall–Kier alpha value is -4.47. The largest absolute Gasteiger partial charge is 0.458 e. The van der Waals surface area contributed by atoms with Crippen molar-refractivity contribution in [2.24, 2.45) is 11.8 Å². The number of rotatable bonds is 11. The van der Waals surface area contributed by atoms with E-state index in [1.165, 1.54) is 12.3 Å². The van der Waals surface area contributed by atoms with Crippen molar-refractivity contribution in [1.29, 1.82) is 0 Å². The molecular weight excluding hydrogens is 861 g/mol. The number of methoxy groups -OCH3 is 2. The zero-order valence-electron chi connectivity index (χ0n) is 39.6. The normalized spacial score (nSPS) is 34.5. The predicted molar refractivity (Wildman–Crippen MR) is 247 cm³/mol. The Morgan fingerprint density at radius 1 is 1.03 bits per heavy atom. The van der Waals surface area contributed by atoms with Crippen LogP contribution in [-0.2, 0) is 49.1 Å². The van der Waals surface area contributed by atoms with Crippen LogP contribution in [-0.4, -0.2) is 114 Å². The summed E-state index contributed by atoms with van der Waals surface area (Å²) in [6.07, 6.45) is 22.9. The molecular formula is C52H68N2O13. The Kier molecular flexibility index (Phi) is 17.5. The van der Waals surface area contributed by atoms with Crippen LogP contribution >= 0.6 is 0 Å². The van der Waals surface area contributed by atoms with Crippen molar-refractivity contribution in [2.75, 3.05) is 20.8 Å². The van der Waals surface area contributed by atoms with Crippen molar-refractivity contribution in [3.63, 3.8) is 0 Å². The van der Waals surface area contributed by atoms with Crippen LogP contribution in [0.25, 0.3) is 12.2 Å². The lowest BCUT2D eigenvalue weighted by Crippen LogP contribution is -2.51. The molecule has 0 unspecified atom stereocenters. The molecule has 7 rings (SSSR count). The molecule has 4 fully saturated rings. The number of carbonyl (C=O) groups excluding carboxylic acids is 1. The highest BCUT2D eigenvalue weighted by molar-refractivity contribution is 5.82. The lowest BCUT2D eigenvalue weighted by Gasteiger charge is -2.44. The van der Waals surface area contributed by atoms with Crippen LogP contribution in [0.3, 0.4) is 0 Å². The smallest absolute Gasteiger partial charge is 0.330 e. The van der Waals surface area contributed by atoms with Crippen LogP contribution in [0.5, 0.6) is 0 Å². The van der Waals surface area contributed by atoms with Gasteiger partial charge in [-0.15, -0.1) is 12.3 Å². The van der Waals surface area contributed by atoms with Gasteiger partial charge >= 0.3 is 5.97 Å². The van der Waals surface area contributed by atoms with Gasteiger partial charge in [-0.2, -0.15) is 0 Å². The van der Waals surface area contributed by atoms with Crippen molar-refractivity contribution >= 4 is 18.1 Å². The number of hydrogen-bond acceptors (Lipinski definition) is 15. The summed E-state index contributed by atoms with van der Waals surface area (Å²) in [5, 5.41) is 23.0. The van der Waals surface area contributed by atoms with Gasteiger partial charge < -0.3 is 56.9 Å². The Morgan fingerprint density at radius 3 is 2.63 bits per heavy atom. The van der Waals surface area contributed by atoms with Gasteiger partial charge in [0.15, 0.2) is 11.7 Å². The maximum absolute atomic E-state index is 13.5. The molecule has 15 nitrogen and oxygen atoms in total. The zero-order valence-corrected chi connectivity index (χ0v) is 39.6. The Bertz CT molecular complexity index is 2180. The average molecular weight is 929 g/mol. The van der Waals surface area contributed by atoms with Crippen LogP contribution in [0, 0.1) is 24.2 Å². The molecule has 7 heterocycles. The molecule has 5 aliphatic rings. The molecule has 14 atom stereocenters. The monoisotopic (exact) mass is 928 g/mol. The van der Waals surface area contributed by atoms with Crippen LogP contribution in [0.4, 0.5) is 0 Å². The van der Waals surface area contributed by atoms with E-state index in [9.17, 15) is 15.0 Å². The van der Waals surface area contributed by atoms with E-state index in [0.717, 1.165) is 29.6 Å². The molecule has 0 radical (unpaired) electrons. The summed E-state index contributed by atoms with van der Waals surface area (Å²) in [5.74, 6) is 0.659. The first kappa shape index (κ1) is 50.4. The number of oxazole rings is 2. The minimum Gasteiger partial charge on any atom is -0.458 e. The van der Waals surface area contributed by atoms with E-state index in [1.807, 2.05) is 58.1 Å². The average Bonchev–Trinajstić information content (AvgIpc) is 3.95. The highest BCUT2D eigenvalue weighted by atomic mass is 16.7. The number of aliphatic hydroxyl groups is 2. The second-order valence-corrected chi connectivity index (χ2v) is 18.7. The molecule has 0 amide bonds. The highest BCUT2D eigenvalue weighted by Gasteiger charge is 2.45. The van der Waals surface area contributed by atoms with Gasteiger partial charge in [0, 0.05) is 57.8 Å². The van der Waals surface area contributed by atoms with Crippen LogP contribution in [0.1, 0.15) is 115 Å². The summed E-state index contributed by atoms with van der Waals surface area (Å²) in [7, 11) is 3.15. The number of terminal acetylenes is 1. The number of ether oxygens (including phenoxy) is 8. The fraction of sp³-hybridized carbons (Fsp3) is 0.596. The summed E-state index contributed by atoms with van der Waals surface area (Å²) < 4.78 is 60.8. The van der Waals surface area contributed by atoms with Gasteiger partial charge in [0.1, 0.15) is 30.0 Å². The van der Waals surface area contributed by atoms with Gasteiger partial charge in [-0.1, -0.05) is 62.0 Å².